The molecule has 0 aromatic carbocycles. The first-order valence-electron chi connectivity index (χ1n) is 10.2. The minimum Gasteiger partial charge on any atom is -0.459 e. The fraction of sp³-hybridized carbons (Fsp3) is 0.857. The third-order valence-corrected chi connectivity index (χ3v) is 6.40. The van der Waals surface area contributed by atoms with Crippen LogP contribution in [0.5, 0.6) is 0 Å². The second kappa shape index (κ2) is 7.69. The molecular weight excluding hydrogens is 362 g/mol. The topological polar surface area (TPSA) is 92.9 Å². The predicted octanol–water partition coefficient (Wildman–Crippen LogP) is 1.72. The lowest BCUT2D eigenvalue weighted by molar-refractivity contribution is -0.231. The highest BCUT2D eigenvalue weighted by molar-refractivity contribution is 5.72. The molecule has 2 saturated heterocycles. The number of ether oxygens (including phenoxy) is 4. The summed E-state index contributed by atoms with van der Waals surface area (Å²) in [5.41, 5.74) is -1.68. The molecule has 0 amide bonds. The van der Waals surface area contributed by atoms with E-state index in [9.17, 15) is 9.90 Å². The molecule has 0 bridgehead atoms. The van der Waals surface area contributed by atoms with Crippen molar-refractivity contribution in [3.63, 3.8) is 0 Å². The van der Waals surface area contributed by atoms with Gasteiger partial charge in [-0.05, 0) is 40.0 Å². The molecule has 28 heavy (non-hydrogen) atoms. The second-order valence-corrected chi connectivity index (χ2v) is 9.04. The van der Waals surface area contributed by atoms with E-state index in [4.69, 9.17) is 18.9 Å². The number of hydrogen-bond donors (Lipinski definition) is 2. The number of epoxide rings is 2. The van der Waals surface area contributed by atoms with E-state index in [1.165, 1.54) is 5.57 Å². The lowest BCUT2D eigenvalue weighted by Gasteiger charge is -2.49. The van der Waals surface area contributed by atoms with Crippen molar-refractivity contribution in [1.29, 1.82) is 0 Å². The van der Waals surface area contributed by atoms with Gasteiger partial charge in [-0.3, -0.25) is 4.79 Å². The molecule has 0 aromatic heterocycles. The van der Waals surface area contributed by atoms with Crippen molar-refractivity contribution in [3.05, 3.63) is 11.6 Å². The van der Waals surface area contributed by atoms with E-state index < -0.39 is 29.0 Å². The first-order chi connectivity index (χ1) is 13.1. The van der Waals surface area contributed by atoms with Gasteiger partial charge in [0.25, 0.3) is 0 Å². The monoisotopic (exact) mass is 397 g/mol. The van der Waals surface area contributed by atoms with Crippen LogP contribution in [0.25, 0.3) is 0 Å². The third-order valence-electron chi connectivity index (χ3n) is 6.40. The Morgan fingerprint density at radius 3 is 2.61 bits per heavy atom. The van der Waals surface area contributed by atoms with Crippen LogP contribution in [0.15, 0.2) is 11.6 Å². The lowest BCUT2D eigenvalue weighted by atomic mass is 9.64. The van der Waals surface area contributed by atoms with Crippen LogP contribution in [-0.2, 0) is 23.7 Å². The third kappa shape index (κ3) is 3.63. The van der Waals surface area contributed by atoms with Gasteiger partial charge in [0.15, 0.2) is 5.60 Å². The molecule has 3 rings (SSSR count). The van der Waals surface area contributed by atoms with Crippen LogP contribution in [0.3, 0.4) is 0 Å². The summed E-state index contributed by atoms with van der Waals surface area (Å²) in [5, 5.41) is 15.0. The van der Waals surface area contributed by atoms with Crippen LogP contribution in [0, 0.1) is 0 Å². The van der Waals surface area contributed by atoms with Gasteiger partial charge in [-0.15, -0.1) is 0 Å². The number of aliphatic hydroxyl groups is 1. The van der Waals surface area contributed by atoms with E-state index in [2.05, 4.69) is 11.4 Å². The number of methoxy groups -OCH3 is 1. The first-order valence-corrected chi connectivity index (χ1v) is 10.2. The van der Waals surface area contributed by atoms with Gasteiger partial charge in [-0.1, -0.05) is 25.5 Å². The normalized spacial score (nSPS) is 41.8. The largest absolute Gasteiger partial charge is 0.459 e. The zero-order valence-electron chi connectivity index (χ0n) is 17.9. The Kier molecular flexibility index (Phi) is 5.96. The Morgan fingerprint density at radius 1 is 1.39 bits per heavy atom. The summed E-state index contributed by atoms with van der Waals surface area (Å²) in [6.45, 7) is 10.5. The van der Waals surface area contributed by atoms with Gasteiger partial charge in [-0.2, -0.15) is 0 Å². The van der Waals surface area contributed by atoms with Crippen molar-refractivity contribution >= 4 is 5.97 Å². The van der Waals surface area contributed by atoms with E-state index in [0.717, 1.165) is 6.42 Å². The molecule has 160 valence electrons. The van der Waals surface area contributed by atoms with Gasteiger partial charge in [-0.25, -0.2) is 0 Å². The van der Waals surface area contributed by atoms with Crippen molar-refractivity contribution in [3.8, 4) is 0 Å². The van der Waals surface area contributed by atoms with Crippen LogP contribution in [-0.4, -0.2) is 72.5 Å². The summed E-state index contributed by atoms with van der Waals surface area (Å²) in [6, 6.07) is 0.187. The summed E-state index contributed by atoms with van der Waals surface area (Å²) in [6.07, 6.45) is 2.64. The highest BCUT2D eigenvalue weighted by Gasteiger charge is 2.81. The molecule has 1 aliphatic carbocycles. The minimum atomic E-state index is -1.39. The highest BCUT2D eigenvalue weighted by Crippen LogP contribution is 2.62. The molecule has 3 fully saturated rings. The van der Waals surface area contributed by atoms with E-state index in [1.54, 1.807) is 7.11 Å². The van der Waals surface area contributed by atoms with Gasteiger partial charge in [0.2, 0.25) is 0 Å². The van der Waals surface area contributed by atoms with Crippen molar-refractivity contribution in [2.24, 2.45) is 0 Å². The molecule has 2 heterocycles. The number of esters is 1. The molecule has 1 saturated carbocycles. The van der Waals surface area contributed by atoms with E-state index in [-0.39, 0.29) is 24.7 Å². The average Bonchev–Trinajstić information content (AvgIpc) is 3.53. The Morgan fingerprint density at radius 2 is 2.07 bits per heavy atom. The van der Waals surface area contributed by atoms with Crippen LogP contribution < -0.4 is 5.32 Å². The number of carbonyl (C=O) groups is 1. The fourth-order valence-electron chi connectivity index (χ4n) is 4.59. The molecule has 3 aliphatic rings. The number of hydrogen-bond acceptors (Lipinski definition) is 7. The molecule has 2 N–H and O–H groups in total. The minimum absolute atomic E-state index is 0.122. The Balaban J connectivity index is 1.78. The summed E-state index contributed by atoms with van der Waals surface area (Å²) in [5.74, 6) is -0.348. The molecule has 1 unspecified atom stereocenters. The summed E-state index contributed by atoms with van der Waals surface area (Å²) >= 11 is 0. The van der Waals surface area contributed by atoms with Crippen LogP contribution in [0.4, 0.5) is 0 Å². The molecule has 1 spiro atoms. The van der Waals surface area contributed by atoms with Crippen molar-refractivity contribution in [2.45, 2.75) is 95.0 Å². The average molecular weight is 398 g/mol. The molecule has 0 radical (unpaired) electrons. The van der Waals surface area contributed by atoms with E-state index in [0.29, 0.717) is 19.4 Å². The quantitative estimate of drug-likeness (QED) is 0.366. The Bertz CT molecular complexity index is 626. The molecule has 6 atom stereocenters. The van der Waals surface area contributed by atoms with Gasteiger partial charge in [0.1, 0.15) is 23.4 Å². The Hall–Kier alpha value is -0.990. The van der Waals surface area contributed by atoms with Crippen molar-refractivity contribution < 1.29 is 28.8 Å². The summed E-state index contributed by atoms with van der Waals surface area (Å²) in [7, 11) is 1.54. The molecule has 0 aromatic rings. The van der Waals surface area contributed by atoms with Crippen LogP contribution in [0.2, 0.25) is 0 Å². The standard InChI is InChI=1S/C21H35NO6/c1-13(2)7-8-16-19(5,28-16)21(24)18(25-6)15(9-10-20(21)12-26-20)27-17(23)11-22-14(3)4/h7,14-16,18,22,24H,8-12H2,1-6H3/t15-,16?,18-,19+,20+,21+/m1/s1. The van der Waals surface area contributed by atoms with Crippen molar-refractivity contribution in [1.82, 2.24) is 5.32 Å². The predicted molar refractivity (Wildman–Crippen MR) is 104 cm³/mol. The van der Waals surface area contributed by atoms with Gasteiger partial charge in [0.05, 0.1) is 19.3 Å². The summed E-state index contributed by atoms with van der Waals surface area (Å²) in [4.78, 5) is 12.3. The molecule has 2 aliphatic heterocycles. The zero-order chi connectivity index (χ0) is 20.7. The number of carbonyl (C=O) groups excluding carboxylic acids is 1. The van der Waals surface area contributed by atoms with Crippen LogP contribution in [0.1, 0.15) is 53.9 Å². The maximum atomic E-state index is 12.3. The second-order valence-electron chi connectivity index (χ2n) is 9.04. The highest BCUT2D eigenvalue weighted by atomic mass is 16.7. The van der Waals surface area contributed by atoms with Crippen LogP contribution >= 0.6 is 0 Å². The number of rotatable bonds is 8. The maximum absolute atomic E-state index is 12.3. The zero-order valence-corrected chi connectivity index (χ0v) is 17.9. The molecule has 7 heteroatoms. The molecule has 7 nitrogen and oxygen atoms in total. The number of nitrogens with one attached hydrogen (secondary N) is 1. The van der Waals surface area contributed by atoms with Crippen molar-refractivity contribution in [2.75, 3.05) is 20.3 Å². The molecular formula is C21H35NO6. The van der Waals surface area contributed by atoms with Gasteiger partial charge in [0, 0.05) is 13.2 Å². The maximum Gasteiger partial charge on any atom is 0.320 e. The Labute approximate surface area is 167 Å². The SMILES string of the molecule is CO[C@@H]1[C@H](OC(=O)CNC(C)C)CC[C@]2(CO2)[C@@]1(O)[C@@]1(C)OC1CC=C(C)C. The van der Waals surface area contributed by atoms with Gasteiger partial charge < -0.3 is 29.4 Å². The summed E-state index contributed by atoms with van der Waals surface area (Å²) < 4.78 is 23.3. The first kappa shape index (κ1) is 21.7. The lowest BCUT2D eigenvalue weighted by Crippen LogP contribution is -2.70. The van der Waals surface area contributed by atoms with Gasteiger partial charge >= 0.3 is 5.97 Å². The van der Waals surface area contributed by atoms with E-state index in [1.807, 2.05) is 34.6 Å². The smallest absolute Gasteiger partial charge is 0.320 e. The fourth-order valence-corrected chi connectivity index (χ4v) is 4.59. The van der Waals surface area contributed by atoms with E-state index >= 15 is 0 Å². The number of allylic oxidation sites excluding steroid dienone is 1.